The lowest BCUT2D eigenvalue weighted by atomic mass is 9.92. The Morgan fingerprint density at radius 1 is 1.36 bits per heavy atom. The standard InChI is InChI=1S/C11H23NO2/c1-8(2)9(10(13)14)12-7-6-11(3,4)5/h8-9,12H,6-7H2,1-5H3,(H,13,14)/t9-/m0/s1. The summed E-state index contributed by atoms with van der Waals surface area (Å²) in [5.74, 6) is -0.624. The van der Waals surface area contributed by atoms with Gasteiger partial charge in [-0.3, -0.25) is 4.79 Å². The number of hydrogen-bond donors (Lipinski definition) is 2. The Labute approximate surface area is 86.9 Å². The van der Waals surface area contributed by atoms with Crippen molar-refractivity contribution in [3.05, 3.63) is 0 Å². The molecule has 0 aliphatic carbocycles. The van der Waals surface area contributed by atoms with E-state index in [2.05, 4.69) is 26.1 Å². The second-order valence-electron chi connectivity index (χ2n) is 5.32. The molecule has 2 N–H and O–H groups in total. The molecule has 0 rings (SSSR count). The van der Waals surface area contributed by atoms with Crippen molar-refractivity contribution in [2.24, 2.45) is 11.3 Å². The molecule has 84 valence electrons. The van der Waals surface area contributed by atoms with E-state index < -0.39 is 12.0 Å². The third-order valence-corrected chi connectivity index (χ3v) is 2.17. The van der Waals surface area contributed by atoms with Crippen molar-refractivity contribution in [3.63, 3.8) is 0 Å². The normalized spacial score (nSPS) is 14.4. The first-order valence-electron chi connectivity index (χ1n) is 5.20. The van der Waals surface area contributed by atoms with Gasteiger partial charge < -0.3 is 10.4 Å². The molecule has 0 spiro atoms. The van der Waals surface area contributed by atoms with Crippen LogP contribution in [0.3, 0.4) is 0 Å². The summed E-state index contributed by atoms with van der Waals surface area (Å²) in [7, 11) is 0. The van der Waals surface area contributed by atoms with Crippen LogP contribution in [0, 0.1) is 11.3 Å². The van der Waals surface area contributed by atoms with Crippen LogP contribution in [0.2, 0.25) is 0 Å². The zero-order valence-corrected chi connectivity index (χ0v) is 9.92. The lowest BCUT2D eigenvalue weighted by molar-refractivity contribution is -0.140. The van der Waals surface area contributed by atoms with Crippen molar-refractivity contribution >= 4 is 5.97 Å². The highest BCUT2D eigenvalue weighted by Gasteiger charge is 2.21. The van der Waals surface area contributed by atoms with Crippen molar-refractivity contribution in [2.75, 3.05) is 6.54 Å². The van der Waals surface area contributed by atoms with Crippen LogP contribution in [0.5, 0.6) is 0 Å². The Morgan fingerprint density at radius 2 is 1.86 bits per heavy atom. The molecule has 3 nitrogen and oxygen atoms in total. The zero-order valence-electron chi connectivity index (χ0n) is 9.92. The molecule has 0 aliphatic rings. The Morgan fingerprint density at radius 3 is 2.14 bits per heavy atom. The van der Waals surface area contributed by atoms with Gasteiger partial charge in [0, 0.05) is 0 Å². The minimum absolute atomic E-state index is 0.132. The molecule has 0 aliphatic heterocycles. The van der Waals surface area contributed by atoms with Crippen molar-refractivity contribution in [1.82, 2.24) is 5.32 Å². The summed E-state index contributed by atoms with van der Waals surface area (Å²) in [6, 6.07) is -0.419. The third kappa shape index (κ3) is 5.97. The van der Waals surface area contributed by atoms with Crippen molar-refractivity contribution in [3.8, 4) is 0 Å². The van der Waals surface area contributed by atoms with E-state index in [1.807, 2.05) is 13.8 Å². The van der Waals surface area contributed by atoms with E-state index in [1.165, 1.54) is 0 Å². The van der Waals surface area contributed by atoms with E-state index in [4.69, 9.17) is 5.11 Å². The maximum atomic E-state index is 10.8. The lowest BCUT2D eigenvalue weighted by Crippen LogP contribution is -2.42. The lowest BCUT2D eigenvalue weighted by Gasteiger charge is -2.22. The molecule has 1 atom stereocenters. The summed E-state index contributed by atoms with van der Waals surface area (Å²) in [6.07, 6.45) is 0.990. The molecule has 0 aromatic rings. The molecule has 0 unspecified atom stereocenters. The highest BCUT2D eigenvalue weighted by atomic mass is 16.4. The van der Waals surface area contributed by atoms with Gasteiger partial charge in [-0.15, -0.1) is 0 Å². The van der Waals surface area contributed by atoms with E-state index in [-0.39, 0.29) is 11.3 Å². The summed E-state index contributed by atoms with van der Waals surface area (Å²) >= 11 is 0. The van der Waals surface area contributed by atoms with Crippen LogP contribution in [-0.4, -0.2) is 23.7 Å². The van der Waals surface area contributed by atoms with Crippen molar-refractivity contribution < 1.29 is 9.90 Å². The first kappa shape index (κ1) is 13.4. The first-order valence-corrected chi connectivity index (χ1v) is 5.20. The number of aliphatic carboxylic acids is 1. The number of carboxylic acids is 1. The smallest absolute Gasteiger partial charge is 0.320 e. The molecule has 0 fully saturated rings. The van der Waals surface area contributed by atoms with E-state index in [0.717, 1.165) is 13.0 Å². The maximum Gasteiger partial charge on any atom is 0.320 e. The molecule has 3 heteroatoms. The fraction of sp³-hybridized carbons (Fsp3) is 0.909. The average molecular weight is 201 g/mol. The minimum Gasteiger partial charge on any atom is -0.480 e. The number of carboxylic acid groups (broad SMARTS) is 1. The van der Waals surface area contributed by atoms with Crippen molar-refractivity contribution in [2.45, 2.75) is 47.1 Å². The summed E-state index contributed by atoms with van der Waals surface area (Å²) in [4.78, 5) is 10.8. The van der Waals surface area contributed by atoms with Crippen molar-refractivity contribution in [1.29, 1.82) is 0 Å². The van der Waals surface area contributed by atoms with Gasteiger partial charge in [0.15, 0.2) is 0 Å². The molecule has 0 aromatic carbocycles. The van der Waals surface area contributed by atoms with Crippen LogP contribution < -0.4 is 5.32 Å². The number of nitrogens with one attached hydrogen (secondary N) is 1. The molecule has 0 saturated carbocycles. The largest absolute Gasteiger partial charge is 0.480 e. The SMILES string of the molecule is CC(C)[C@H](NCCC(C)(C)C)C(=O)O. The minimum atomic E-state index is -0.756. The van der Waals surface area contributed by atoms with Gasteiger partial charge in [0.1, 0.15) is 6.04 Å². The van der Waals surface area contributed by atoms with Crippen LogP contribution in [-0.2, 0) is 4.79 Å². The fourth-order valence-electron chi connectivity index (χ4n) is 1.21. The van der Waals surface area contributed by atoms with E-state index in [1.54, 1.807) is 0 Å². The Bertz CT molecular complexity index is 182. The zero-order chi connectivity index (χ0) is 11.4. The summed E-state index contributed by atoms with van der Waals surface area (Å²) in [6.45, 7) is 11.1. The van der Waals surface area contributed by atoms with Gasteiger partial charge in [0.05, 0.1) is 0 Å². The van der Waals surface area contributed by atoms with E-state index in [0.29, 0.717) is 0 Å². The second kappa shape index (κ2) is 5.35. The quantitative estimate of drug-likeness (QED) is 0.716. The molecular weight excluding hydrogens is 178 g/mol. The number of carbonyl (C=O) groups is 1. The van der Waals surface area contributed by atoms with Crippen LogP contribution in [0.15, 0.2) is 0 Å². The molecule has 0 saturated heterocycles. The average Bonchev–Trinajstić information content (AvgIpc) is 1.94. The first-order chi connectivity index (χ1) is 6.24. The van der Waals surface area contributed by atoms with Crippen LogP contribution in [0.25, 0.3) is 0 Å². The van der Waals surface area contributed by atoms with Gasteiger partial charge >= 0.3 is 5.97 Å². The van der Waals surface area contributed by atoms with Crippen LogP contribution in [0.1, 0.15) is 41.0 Å². The molecule has 0 heterocycles. The topological polar surface area (TPSA) is 49.3 Å². The second-order valence-corrected chi connectivity index (χ2v) is 5.32. The summed E-state index contributed by atoms with van der Waals surface area (Å²) in [5, 5.41) is 12.0. The van der Waals surface area contributed by atoms with E-state index >= 15 is 0 Å². The molecule has 0 bridgehead atoms. The monoisotopic (exact) mass is 201 g/mol. The highest BCUT2D eigenvalue weighted by molar-refractivity contribution is 5.73. The Kier molecular flexibility index (Phi) is 5.13. The Hall–Kier alpha value is -0.570. The van der Waals surface area contributed by atoms with Gasteiger partial charge in [-0.25, -0.2) is 0 Å². The predicted octanol–water partition coefficient (Wildman–Crippen LogP) is 2.12. The highest BCUT2D eigenvalue weighted by Crippen LogP contribution is 2.17. The maximum absolute atomic E-state index is 10.8. The predicted molar refractivity (Wildman–Crippen MR) is 58.3 cm³/mol. The molecule has 14 heavy (non-hydrogen) atoms. The van der Waals surface area contributed by atoms with Gasteiger partial charge in [-0.05, 0) is 24.3 Å². The van der Waals surface area contributed by atoms with E-state index in [9.17, 15) is 4.79 Å². The van der Waals surface area contributed by atoms with Gasteiger partial charge in [0.25, 0.3) is 0 Å². The fourth-order valence-corrected chi connectivity index (χ4v) is 1.21. The van der Waals surface area contributed by atoms with Crippen LogP contribution >= 0.6 is 0 Å². The van der Waals surface area contributed by atoms with Crippen LogP contribution in [0.4, 0.5) is 0 Å². The number of rotatable bonds is 5. The third-order valence-electron chi connectivity index (χ3n) is 2.17. The Balaban J connectivity index is 3.90. The number of hydrogen-bond acceptors (Lipinski definition) is 2. The summed E-state index contributed by atoms with van der Waals surface area (Å²) < 4.78 is 0. The molecule has 0 amide bonds. The molecule has 0 aromatic heterocycles. The molecular formula is C11H23NO2. The van der Waals surface area contributed by atoms with Gasteiger partial charge in [-0.1, -0.05) is 34.6 Å². The summed E-state index contributed by atoms with van der Waals surface area (Å²) in [5.41, 5.74) is 0.257. The van der Waals surface area contributed by atoms with Gasteiger partial charge in [0.2, 0.25) is 0 Å². The van der Waals surface area contributed by atoms with Gasteiger partial charge in [-0.2, -0.15) is 0 Å². The molecule has 0 radical (unpaired) electrons.